The summed E-state index contributed by atoms with van der Waals surface area (Å²) in [5.74, 6) is -0.402. The molecule has 0 radical (unpaired) electrons. The molecule has 0 aliphatic carbocycles. The van der Waals surface area contributed by atoms with Crippen LogP contribution in [0.1, 0.15) is 11.1 Å². The third-order valence-electron chi connectivity index (χ3n) is 2.80. The van der Waals surface area contributed by atoms with E-state index in [1.807, 2.05) is 6.07 Å². The second kappa shape index (κ2) is 7.87. The number of nitrogens with one attached hydrogen (secondary N) is 1. The summed E-state index contributed by atoms with van der Waals surface area (Å²) < 4.78 is 26.6. The van der Waals surface area contributed by atoms with Gasteiger partial charge in [0.1, 0.15) is 11.6 Å². The van der Waals surface area contributed by atoms with E-state index in [9.17, 15) is 8.78 Å². The van der Waals surface area contributed by atoms with E-state index in [1.165, 1.54) is 12.1 Å². The molecule has 4 heteroatoms. The first-order valence-corrected chi connectivity index (χ1v) is 5.95. The minimum atomic E-state index is -0.212. The second-order valence-electron chi connectivity index (χ2n) is 4.11. The molecule has 0 aliphatic rings. The summed E-state index contributed by atoms with van der Waals surface area (Å²) in [6, 6.07) is 13.3. The number of benzene rings is 2. The van der Waals surface area contributed by atoms with Crippen molar-refractivity contribution in [2.24, 2.45) is 0 Å². The number of halogens is 3. The SMILES string of the molecule is Cl.Fc1ccccc1CCNCc1ccccc1F. The molecule has 0 heterocycles. The predicted octanol–water partition coefficient (Wildman–Crippen LogP) is 3.72. The van der Waals surface area contributed by atoms with Gasteiger partial charge in [-0.3, -0.25) is 0 Å². The summed E-state index contributed by atoms with van der Waals surface area (Å²) >= 11 is 0. The van der Waals surface area contributed by atoms with Crippen LogP contribution in [0.25, 0.3) is 0 Å². The van der Waals surface area contributed by atoms with Crippen LogP contribution in [0.15, 0.2) is 48.5 Å². The lowest BCUT2D eigenvalue weighted by Gasteiger charge is -2.06. The van der Waals surface area contributed by atoms with Crippen LogP contribution in [0.2, 0.25) is 0 Å². The Labute approximate surface area is 118 Å². The molecule has 0 unspecified atom stereocenters. The van der Waals surface area contributed by atoms with Crippen LogP contribution in [0, 0.1) is 11.6 Å². The monoisotopic (exact) mass is 283 g/mol. The Morgan fingerprint density at radius 2 is 1.32 bits per heavy atom. The Bertz CT molecular complexity index is 470. The minimum absolute atomic E-state index is 0. The zero-order valence-electron chi connectivity index (χ0n) is 10.4. The predicted molar refractivity (Wildman–Crippen MR) is 75.5 cm³/mol. The van der Waals surface area contributed by atoms with Gasteiger partial charge in [-0.05, 0) is 30.7 Å². The van der Waals surface area contributed by atoms with Crippen LogP contribution >= 0.6 is 12.4 Å². The van der Waals surface area contributed by atoms with Gasteiger partial charge in [0.2, 0.25) is 0 Å². The van der Waals surface area contributed by atoms with Crippen LogP contribution < -0.4 is 5.32 Å². The van der Waals surface area contributed by atoms with Gasteiger partial charge in [-0.15, -0.1) is 12.4 Å². The van der Waals surface area contributed by atoms with E-state index in [2.05, 4.69) is 5.32 Å². The van der Waals surface area contributed by atoms with Crippen LogP contribution in [-0.4, -0.2) is 6.54 Å². The molecule has 0 fully saturated rings. The number of hydrogen-bond donors (Lipinski definition) is 1. The van der Waals surface area contributed by atoms with Crippen molar-refractivity contribution in [3.8, 4) is 0 Å². The van der Waals surface area contributed by atoms with E-state index in [0.717, 1.165) is 0 Å². The lowest BCUT2D eigenvalue weighted by molar-refractivity contribution is 0.578. The van der Waals surface area contributed by atoms with E-state index < -0.39 is 0 Å². The first-order chi connectivity index (χ1) is 8.77. The van der Waals surface area contributed by atoms with Gasteiger partial charge < -0.3 is 5.32 Å². The van der Waals surface area contributed by atoms with E-state index in [1.54, 1.807) is 30.3 Å². The quantitative estimate of drug-likeness (QED) is 0.825. The number of rotatable bonds is 5. The van der Waals surface area contributed by atoms with Crippen LogP contribution in [0.4, 0.5) is 8.78 Å². The maximum Gasteiger partial charge on any atom is 0.127 e. The highest BCUT2D eigenvalue weighted by molar-refractivity contribution is 5.85. The van der Waals surface area contributed by atoms with Crippen molar-refractivity contribution >= 4 is 12.4 Å². The summed E-state index contributed by atoms with van der Waals surface area (Å²) in [6.45, 7) is 1.08. The third kappa shape index (κ3) is 4.62. The average molecular weight is 284 g/mol. The topological polar surface area (TPSA) is 12.0 Å². The highest BCUT2D eigenvalue weighted by atomic mass is 35.5. The molecule has 2 aromatic rings. The van der Waals surface area contributed by atoms with Crippen LogP contribution in [0.5, 0.6) is 0 Å². The Kier molecular flexibility index (Phi) is 6.46. The molecule has 0 spiro atoms. The van der Waals surface area contributed by atoms with Gasteiger partial charge in [-0.25, -0.2) is 8.78 Å². The molecule has 0 saturated heterocycles. The zero-order valence-corrected chi connectivity index (χ0v) is 11.2. The fraction of sp³-hybridized carbons (Fsp3) is 0.200. The second-order valence-corrected chi connectivity index (χ2v) is 4.11. The lowest BCUT2D eigenvalue weighted by Crippen LogP contribution is -2.17. The molecular formula is C15H16ClF2N. The minimum Gasteiger partial charge on any atom is -0.312 e. The summed E-state index contributed by atoms with van der Waals surface area (Å²) in [5, 5.41) is 3.11. The van der Waals surface area contributed by atoms with Gasteiger partial charge in [-0.1, -0.05) is 36.4 Å². The standard InChI is InChI=1S/C15H15F2N.ClH/c16-14-7-3-1-5-12(14)9-10-18-11-13-6-2-4-8-15(13)17;/h1-8,18H,9-11H2;1H. The van der Waals surface area contributed by atoms with Crippen molar-refractivity contribution in [1.82, 2.24) is 5.32 Å². The van der Waals surface area contributed by atoms with E-state index in [4.69, 9.17) is 0 Å². The highest BCUT2D eigenvalue weighted by Crippen LogP contribution is 2.07. The molecular weight excluding hydrogens is 268 g/mol. The van der Waals surface area contributed by atoms with Crippen LogP contribution in [0.3, 0.4) is 0 Å². The molecule has 0 aromatic heterocycles. The average Bonchev–Trinajstić information content (AvgIpc) is 2.38. The molecule has 2 rings (SSSR count). The van der Waals surface area contributed by atoms with Crippen molar-refractivity contribution in [2.75, 3.05) is 6.54 Å². The van der Waals surface area contributed by atoms with Gasteiger partial charge in [-0.2, -0.15) is 0 Å². The maximum atomic E-state index is 13.3. The molecule has 0 aliphatic heterocycles. The molecule has 0 atom stereocenters. The Morgan fingerprint density at radius 3 is 1.89 bits per heavy atom. The highest BCUT2D eigenvalue weighted by Gasteiger charge is 2.01. The third-order valence-corrected chi connectivity index (χ3v) is 2.80. The largest absolute Gasteiger partial charge is 0.312 e. The van der Waals surface area contributed by atoms with E-state index in [-0.39, 0.29) is 24.0 Å². The Hall–Kier alpha value is -1.45. The zero-order chi connectivity index (χ0) is 12.8. The Morgan fingerprint density at radius 1 is 0.789 bits per heavy atom. The van der Waals surface area contributed by atoms with Crippen molar-refractivity contribution in [3.05, 3.63) is 71.3 Å². The molecule has 1 nitrogen and oxygen atoms in total. The maximum absolute atomic E-state index is 13.3. The molecule has 0 bridgehead atoms. The normalized spacial score (nSPS) is 10.0. The van der Waals surface area contributed by atoms with Crippen molar-refractivity contribution in [1.29, 1.82) is 0 Å². The van der Waals surface area contributed by atoms with Gasteiger partial charge in [0, 0.05) is 12.1 Å². The fourth-order valence-electron chi connectivity index (χ4n) is 1.79. The van der Waals surface area contributed by atoms with Crippen molar-refractivity contribution in [2.45, 2.75) is 13.0 Å². The summed E-state index contributed by atoms with van der Waals surface area (Å²) in [6.07, 6.45) is 0.598. The summed E-state index contributed by atoms with van der Waals surface area (Å²) in [4.78, 5) is 0. The van der Waals surface area contributed by atoms with Gasteiger partial charge in [0.15, 0.2) is 0 Å². The molecule has 0 saturated carbocycles. The van der Waals surface area contributed by atoms with Crippen LogP contribution in [-0.2, 0) is 13.0 Å². The summed E-state index contributed by atoms with van der Waals surface area (Å²) in [5.41, 5.74) is 1.31. The first kappa shape index (κ1) is 15.6. The van der Waals surface area contributed by atoms with Gasteiger partial charge in [0.05, 0.1) is 0 Å². The molecule has 2 aromatic carbocycles. The molecule has 102 valence electrons. The molecule has 1 N–H and O–H groups in total. The number of hydrogen-bond acceptors (Lipinski definition) is 1. The lowest BCUT2D eigenvalue weighted by atomic mass is 10.1. The van der Waals surface area contributed by atoms with E-state index in [0.29, 0.717) is 30.6 Å². The molecule has 0 amide bonds. The Balaban J connectivity index is 0.00000180. The smallest absolute Gasteiger partial charge is 0.127 e. The molecule has 19 heavy (non-hydrogen) atoms. The van der Waals surface area contributed by atoms with Gasteiger partial charge >= 0.3 is 0 Å². The van der Waals surface area contributed by atoms with Gasteiger partial charge in [0.25, 0.3) is 0 Å². The fourth-order valence-corrected chi connectivity index (χ4v) is 1.79. The summed E-state index contributed by atoms with van der Waals surface area (Å²) in [7, 11) is 0. The van der Waals surface area contributed by atoms with Crippen molar-refractivity contribution in [3.63, 3.8) is 0 Å². The van der Waals surface area contributed by atoms with Crippen molar-refractivity contribution < 1.29 is 8.78 Å². The first-order valence-electron chi connectivity index (χ1n) is 5.95. The van der Waals surface area contributed by atoms with E-state index >= 15 is 0 Å².